The molecule has 2 rings (SSSR count). The summed E-state index contributed by atoms with van der Waals surface area (Å²) in [6.07, 6.45) is 2.85. The van der Waals surface area contributed by atoms with Gasteiger partial charge in [0.25, 0.3) is 0 Å². The van der Waals surface area contributed by atoms with Gasteiger partial charge >= 0.3 is 6.09 Å². The molecular formula is C24H37N5O3S. The number of carbonyl (C=O) groups excluding carboxylic acids is 2. The maximum atomic E-state index is 12.2. The Bertz CT molecular complexity index is 956. The zero-order chi connectivity index (χ0) is 24.8. The van der Waals surface area contributed by atoms with Crippen LogP contribution >= 0.6 is 11.8 Å². The van der Waals surface area contributed by atoms with E-state index < -0.39 is 17.1 Å². The molecule has 33 heavy (non-hydrogen) atoms. The Morgan fingerprint density at radius 1 is 1.09 bits per heavy atom. The molecule has 2 aromatic heterocycles. The molecule has 8 nitrogen and oxygen atoms in total. The number of anilines is 1. The van der Waals surface area contributed by atoms with Crippen molar-refractivity contribution in [1.82, 2.24) is 20.1 Å². The summed E-state index contributed by atoms with van der Waals surface area (Å²) in [6.45, 7) is 16.3. The molecule has 0 spiro atoms. The molecule has 2 amide bonds. The molecule has 0 saturated heterocycles. The van der Waals surface area contributed by atoms with Crippen LogP contribution in [-0.4, -0.2) is 38.9 Å². The number of hydrogen-bond acceptors (Lipinski definition) is 6. The number of carbonyl (C=O) groups is 2. The Morgan fingerprint density at radius 3 is 2.30 bits per heavy atom. The summed E-state index contributed by atoms with van der Waals surface area (Å²) in [4.78, 5) is 29.7. The number of alkyl carbamates (subject to hydrolysis) is 1. The molecule has 0 aliphatic carbocycles. The number of hydrogen-bond donors (Lipinski definition) is 2. The van der Waals surface area contributed by atoms with Gasteiger partial charge in [-0.05, 0) is 45.7 Å². The third-order valence-corrected chi connectivity index (χ3v) is 5.75. The lowest BCUT2D eigenvalue weighted by Crippen LogP contribution is -2.34. The second-order valence-electron chi connectivity index (χ2n) is 9.77. The minimum atomic E-state index is -0.526. The van der Waals surface area contributed by atoms with Gasteiger partial charge in [-0.3, -0.25) is 9.48 Å². The van der Waals surface area contributed by atoms with E-state index in [1.807, 2.05) is 58.4 Å². The molecular weight excluding hydrogens is 438 g/mol. The first-order chi connectivity index (χ1) is 15.3. The second-order valence-corrected chi connectivity index (χ2v) is 10.8. The van der Waals surface area contributed by atoms with E-state index in [0.717, 1.165) is 34.2 Å². The number of aromatic nitrogens is 3. The highest BCUT2D eigenvalue weighted by molar-refractivity contribution is 7.99. The van der Waals surface area contributed by atoms with Crippen molar-refractivity contribution in [3.8, 4) is 0 Å². The molecule has 0 aliphatic heterocycles. The zero-order valence-corrected chi connectivity index (χ0v) is 21.9. The van der Waals surface area contributed by atoms with Crippen LogP contribution in [0.15, 0.2) is 28.3 Å². The Labute approximate surface area is 201 Å². The number of nitrogens with zero attached hydrogens (tertiary/aromatic N) is 3. The van der Waals surface area contributed by atoms with E-state index in [1.165, 1.54) is 0 Å². The van der Waals surface area contributed by atoms with Gasteiger partial charge in [0.2, 0.25) is 5.91 Å². The molecule has 0 unspecified atom stereocenters. The molecule has 0 bridgehead atoms. The Balaban J connectivity index is 2.10. The van der Waals surface area contributed by atoms with Gasteiger partial charge in [-0.25, -0.2) is 9.78 Å². The second kappa shape index (κ2) is 11.0. The quantitative estimate of drug-likeness (QED) is 0.554. The van der Waals surface area contributed by atoms with Gasteiger partial charge in [-0.1, -0.05) is 46.4 Å². The molecule has 0 aromatic carbocycles. The number of amides is 2. The lowest BCUT2D eigenvalue weighted by molar-refractivity contribution is -0.123. The standard InChI is InChI=1S/C24H37N5O3S/c1-9-17-20(33-19-12-11-16(15-26-19)27-21(30)23(3,4)5)18(10-2)29(28-17)14-13-25-22(31)32-24(6,7)8/h11-12,15H,9-10,13-14H2,1-8H3,(H,25,31)(H,27,30). The van der Waals surface area contributed by atoms with Gasteiger partial charge in [0.1, 0.15) is 10.6 Å². The Kier molecular flexibility index (Phi) is 8.94. The lowest BCUT2D eigenvalue weighted by Gasteiger charge is -2.19. The molecule has 0 fully saturated rings. The predicted molar refractivity (Wildman–Crippen MR) is 132 cm³/mol. The van der Waals surface area contributed by atoms with Crippen LogP contribution in [0.2, 0.25) is 0 Å². The third kappa shape index (κ3) is 8.07. The highest BCUT2D eigenvalue weighted by atomic mass is 32.2. The van der Waals surface area contributed by atoms with Crippen LogP contribution in [0, 0.1) is 5.41 Å². The highest BCUT2D eigenvalue weighted by Crippen LogP contribution is 2.33. The minimum absolute atomic E-state index is 0.0486. The first-order valence-corrected chi connectivity index (χ1v) is 12.2. The van der Waals surface area contributed by atoms with Gasteiger partial charge in [0, 0.05) is 12.0 Å². The third-order valence-electron chi connectivity index (χ3n) is 4.62. The van der Waals surface area contributed by atoms with E-state index in [2.05, 4.69) is 29.5 Å². The van der Waals surface area contributed by atoms with E-state index in [4.69, 9.17) is 9.84 Å². The molecule has 182 valence electrons. The van der Waals surface area contributed by atoms with Crippen LogP contribution in [0.1, 0.15) is 66.8 Å². The molecule has 2 heterocycles. The number of rotatable bonds is 8. The van der Waals surface area contributed by atoms with Gasteiger partial charge in [-0.2, -0.15) is 5.10 Å². The van der Waals surface area contributed by atoms with Crippen LogP contribution in [0.25, 0.3) is 0 Å². The first kappa shape index (κ1) is 26.7. The highest BCUT2D eigenvalue weighted by Gasteiger charge is 2.22. The van der Waals surface area contributed by atoms with Gasteiger partial charge in [-0.15, -0.1) is 0 Å². The largest absolute Gasteiger partial charge is 0.444 e. The molecule has 2 aromatic rings. The maximum absolute atomic E-state index is 12.2. The van der Waals surface area contributed by atoms with Crippen molar-refractivity contribution >= 4 is 29.4 Å². The SMILES string of the molecule is CCc1nn(CCNC(=O)OC(C)(C)C)c(CC)c1Sc1ccc(NC(=O)C(C)(C)C)cn1. The molecule has 0 radical (unpaired) electrons. The van der Waals surface area contributed by atoms with E-state index in [9.17, 15) is 9.59 Å². The minimum Gasteiger partial charge on any atom is -0.444 e. The summed E-state index contributed by atoms with van der Waals surface area (Å²) in [5.74, 6) is -0.0486. The van der Waals surface area contributed by atoms with Crippen molar-refractivity contribution < 1.29 is 14.3 Å². The van der Waals surface area contributed by atoms with Crippen LogP contribution in [0.5, 0.6) is 0 Å². The van der Waals surface area contributed by atoms with E-state index >= 15 is 0 Å². The fraction of sp³-hybridized carbons (Fsp3) is 0.583. The maximum Gasteiger partial charge on any atom is 0.407 e. The monoisotopic (exact) mass is 475 g/mol. The van der Waals surface area contributed by atoms with E-state index in [-0.39, 0.29) is 5.91 Å². The van der Waals surface area contributed by atoms with E-state index in [1.54, 1.807) is 18.0 Å². The summed E-state index contributed by atoms with van der Waals surface area (Å²) < 4.78 is 7.25. The number of nitrogens with one attached hydrogen (secondary N) is 2. The molecule has 2 N–H and O–H groups in total. The fourth-order valence-electron chi connectivity index (χ4n) is 2.93. The van der Waals surface area contributed by atoms with Crippen LogP contribution in [0.4, 0.5) is 10.5 Å². The average Bonchev–Trinajstić information content (AvgIpc) is 3.03. The van der Waals surface area contributed by atoms with Crippen LogP contribution < -0.4 is 10.6 Å². The van der Waals surface area contributed by atoms with Crippen molar-refractivity contribution in [2.24, 2.45) is 5.41 Å². The summed E-state index contributed by atoms with van der Waals surface area (Å²) >= 11 is 1.57. The van der Waals surface area contributed by atoms with Crippen molar-refractivity contribution in [3.63, 3.8) is 0 Å². The first-order valence-electron chi connectivity index (χ1n) is 11.3. The zero-order valence-electron chi connectivity index (χ0n) is 21.0. The van der Waals surface area contributed by atoms with Gasteiger partial charge in [0.05, 0.1) is 34.7 Å². The van der Waals surface area contributed by atoms with Crippen molar-refractivity contribution in [2.75, 3.05) is 11.9 Å². The molecule has 0 saturated carbocycles. The Morgan fingerprint density at radius 2 is 1.79 bits per heavy atom. The van der Waals surface area contributed by atoms with Crippen LogP contribution in [-0.2, 0) is 28.9 Å². The Hall–Kier alpha value is -2.55. The lowest BCUT2D eigenvalue weighted by atomic mass is 9.96. The van der Waals surface area contributed by atoms with E-state index in [0.29, 0.717) is 18.8 Å². The van der Waals surface area contributed by atoms with Gasteiger partial charge < -0.3 is 15.4 Å². The van der Waals surface area contributed by atoms with Crippen molar-refractivity contribution in [2.45, 2.75) is 90.3 Å². The number of aryl methyl sites for hydroxylation is 1. The van der Waals surface area contributed by atoms with Crippen molar-refractivity contribution in [3.05, 3.63) is 29.7 Å². The number of ether oxygens (including phenoxy) is 1. The summed E-state index contributed by atoms with van der Waals surface area (Å²) in [5.41, 5.74) is 1.79. The van der Waals surface area contributed by atoms with Crippen molar-refractivity contribution in [1.29, 1.82) is 0 Å². The summed E-state index contributed by atoms with van der Waals surface area (Å²) in [7, 11) is 0. The summed E-state index contributed by atoms with van der Waals surface area (Å²) in [5, 5.41) is 11.3. The molecule has 0 atom stereocenters. The van der Waals surface area contributed by atoms with Crippen LogP contribution in [0.3, 0.4) is 0 Å². The molecule has 0 aliphatic rings. The smallest absolute Gasteiger partial charge is 0.407 e. The summed E-state index contributed by atoms with van der Waals surface area (Å²) in [6, 6.07) is 3.77. The topological polar surface area (TPSA) is 98.1 Å². The average molecular weight is 476 g/mol. The normalized spacial score (nSPS) is 11.9. The fourth-order valence-corrected chi connectivity index (χ4v) is 4.05. The molecule has 9 heteroatoms. The van der Waals surface area contributed by atoms with Gasteiger partial charge in [0.15, 0.2) is 0 Å². The predicted octanol–water partition coefficient (Wildman–Crippen LogP) is 5.06. The number of pyridine rings is 1.